The molecule has 0 radical (unpaired) electrons. The summed E-state index contributed by atoms with van der Waals surface area (Å²) in [4.78, 5) is 55.6. The van der Waals surface area contributed by atoms with E-state index in [1.807, 2.05) is 13.8 Å². The minimum absolute atomic E-state index is 0. The summed E-state index contributed by atoms with van der Waals surface area (Å²) in [5, 5.41) is 38.8. The van der Waals surface area contributed by atoms with Crippen LogP contribution in [0.2, 0.25) is 0 Å². The van der Waals surface area contributed by atoms with Crippen molar-refractivity contribution in [2.24, 2.45) is 0 Å². The number of H-pyrrole nitrogens is 1. The molecule has 1 aromatic carbocycles. The first-order valence-electron chi connectivity index (χ1n) is 9.08. The number of nitrogens with one attached hydrogen (secondary N) is 1. The summed E-state index contributed by atoms with van der Waals surface area (Å²) in [6.45, 7) is 2.73. The van der Waals surface area contributed by atoms with Gasteiger partial charge in [-0.1, -0.05) is 0 Å². The van der Waals surface area contributed by atoms with Gasteiger partial charge in [0, 0.05) is 0 Å². The predicted octanol–water partition coefficient (Wildman–Crippen LogP) is -4.22. The van der Waals surface area contributed by atoms with Gasteiger partial charge in [-0.05, 0) is 37.1 Å². The van der Waals surface area contributed by atoms with Crippen molar-refractivity contribution in [2.75, 3.05) is 6.61 Å². The summed E-state index contributed by atoms with van der Waals surface area (Å²) in [5.41, 5.74) is 1.11. The third kappa shape index (κ3) is 8.98. The fraction of sp³-hybridized carbons (Fsp3) is 0.412. The first-order valence-corrected chi connectivity index (χ1v) is 10.6. The van der Waals surface area contributed by atoms with Crippen LogP contribution >= 0.6 is 7.82 Å². The summed E-state index contributed by atoms with van der Waals surface area (Å²) in [7, 11) is -4.64. The summed E-state index contributed by atoms with van der Waals surface area (Å²) >= 11 is 0. The van der Waals surface area contributed by atoms with E-state index in [1.54, 1.807) is 12.1 Å². The number of hydrogen-bond donors (Lipinski definition) is 8. The van der Waals surface area contributed by atoms with Crippen LogP contribution in [0.4, 0.5) is 0 Å². The average molecular weight is 540 g/mol. The number of aliphatic hydroxyl groups is 4. The van der Waals surface area contributed by atoms with Crippen molar-refractivity contribution in [1.29, 1.82) is 0 Å². The Bertz CT molecular complexity index is 1240. The zero-order valence-corrected chi connectivity index (χ0v) is 17.8. The van der Waals surface area contributed by atoms with Crippen LogP contribution in [0, 0.1) is 13.8 Å². The van der Waals surface area contributed by atoms with Crippen LogP contribution in [0.5, 0.6) is 0 Å². The second-order valence-electron chi connectivity index (χ2n) is 7.01. The second-order valence-corrected chi connectivity index (χ2v) is 8.04. The number of phosphoric acid groups is 1. The van der Waals surface area contributed by atoms with Gasteiger partial charge >= 0.3 is 80.8 Å². The third-order valence-corrected chi connectivity index (χ3v) is 4.57. The fourth-order valence-electron chi connectivity index (χ4n) is 2.89. The van der Waals surface area contributed by atoms with Crippen LogP contribution in [0.1, 0.15) is 11.1 Å². The second kappa shape index (κ2) is 13.9. The zero-order valence-electron chi connectivity index (χ0n) is 16.9. The van der Waals surface area contributed by atoms with E-state index < -0.39 is 44.0 Å². The van der Waals surface area contributed by atoms with E-state index in [1.165, 1.54) is 4.57 Å². The van der Waals surface area contributed by atoms with E-state index in [-0.39, 0.29) is 85.4 Å². The number of benzene rings is 1. The Balaban J connectivity index is 0.00000141. The molecule has 0 fully saturated rings. The van der Waals surface area contributed by atoms with Crippen LogP contribution in [0.15, 0.2) is 21.7 Å². The van der Waals surface area contributed by atoms with Crippen LogP contribution in [0.3, 0.4) is 0 Å². The molecule has 0 bridgehead atoms. The number of aromatic amines is 1. The molecule has 0 aliphatic carbocycles. The van der Waals surface area contributed by atoms with Crippen molar-refractivity contribution in [3.8, 4) is 11.5 Å². The van der Waals surface area contributed by atoms with Gasteiger partial charge in [-0.2, -0.15) is 4.98 Å². The molecule has 0 spiro atoms. The van der Waals surface area contributed by atoms with Crippen molar-refractivity contribution >= 4 is 86.2 Å². The number of aromatic nitrogens is 4. The van der Waals surface area contributed by atoms with E-state index in [0.29, 0.717) is 11.0 Å². The van der Waals surface area contributed by atoms with E-state index in [4.69, 9.17) is 24.4 Å². The SMILES string of the molecule is Cc1cc2nc3c(=O)[nH]c(=O)nc-3n(C[C@H](O)[C@H](O)[C@H](O)CO)c2cc1C.O=P(O)(O)O.[CaH2].[NaH]. The molecule has 1 aromatic rings. The Kier molecular flexibility index (Phi) is 13.7. The summed E-state index contributed by atoms with van der Waals surface area (Å²) in [6, 6.07) is 3.53. The van der Waals surface area contributed by atoms with Gasteiger partial charge in [0.25, 0.3) is 5.56 Å². The summed E-state index contributed by atoms with van der Waals surface area (Å²) < 4.78 is 10.3. The van der Waals surface area contributed by atoms with Gasteiger partial charge in [0.2, 0.25) is 0 Å². The Morgan fingerprint density at radius 3 is 2.09 bits per heavy atom. The molecule has 0 saturated heterocycles. The quantitative estimate of drug-likeness (QED) is 0.0873. The van der Waals surface area contributed by atoms with Gasteiger partial charge < -0.3 is 39.7 Å². The van der Waals surface area contributed by atoms with Crippen molar-refractivity contribution in [1.82, 2.24) is 19.5 Å². The Morgan fingerprint density at radius 1 is 1.03 bits per heavy atom. The standard InChI is InChI=1S/C17H20N4O6.Ca.Na.H3O4P.3H/c1-7-3-9-10(4-8(7)2)21(5-11(23)14(25)12(24)6-22)15-13(18-9)16(26)20-17(27)19-15;;;1-5(2,3)4;;;/h3-4,11-12,14,22-25H,5-6H2,1-2H3,(H,20,26,27);;;(H3,1,2,3,4);;;/t11-,12+,14-;;;;;;/m0....../s1. The van der Waals surface area contributed by atoms with Gasteiger partial charge in [0.05, 0.1) is 24.2 Å². The molecule has 8 N–H and O–H groups in total. The number of aryl methyl sites for hydroxylation is 2. The zero-order chi connectivity index (χ0) is 24.4. The Morgan fingerprint density at radius 2 is 1.56 bits per heavy atom. The van der Waals surface area contributed by atoms with Gasteiger partial charge in [0.15, 0.2) is 11.5 Å². The minimum atomic E-state index is -4.64. The number of hydrogen-bond acceptors (Lipinski definition) is 9. The van der Waals surface area contributed by atoms with E-state index in [0.717, 1.165) is 11.1 Å². The number of nitrogens with zero attached hydrogens (tertiary/aromatic N) is 3. The predicted molar refractivity (Wildman–Crippen MR) is 126 cm³/mol. The first-order chi connectivity index (χ1) is 14.7. The average Bonchev–Trinajstić information content (AvgIpc) is 2.67. The van der Waals surface area contributed by atoms with Gasteiger partial charge in [-0.3, -0.25) is 9.78 Å². The molecule has 0 saturated carbocycles. The molecular weight excluding hydrogens is 514 g/mol. The van der Waals surface area contributed by atoms with Crippen molar-refractivity contribution < 1.29 is 39.7 Å². The maximum absolute atomic E-state index is 12.2. The molecule has 0 amide bonds. The van der Waals surface area contributed by atoms with Gasteiger partial charge in [0.1, 0.15) is 18.3 Å². The van der Waals surface area contributed by atoms with E-state index in [9.17, 15) is 24.9 Å². The van der Waals surface area contributed by atoms with E-state index in [2.05, 4.69) is 15.0 Å². The van der Waals surface area contributed by atoms with E-state index >= 15 is 0 Å². The first kappa shape index (κ1) is 33.7. The molecule has 14 nitrogen and oxygen atoms in total. The molecule has 3 atom stereocenters. The molecule has 3 rings (SSSR count). The van der Waals surface area contributed by atoms with Crippen LogP contribution in [-0.2, 0) is 11.1 Å². The van der Waals surface area contributed by atoms with Crippen LogP contribution in [0.25, 0.3) is 22.6 Å². The van der Waals surface area contributed by atoms with Crippen molar-refractivity contribution in [3.63, 3.8) is 0 Å². The monoisotopic (exact) mass is 540 g/mol. The molecule has 0 aromatic heterocycles. The number of aliphatic hydroxyl groups excluding tert-OH is 4. The molecule has 34 heavy (non-hydrogen) atoms. The molecule has 2 heterocycles. The molecule has 2 aliphatic heterocycles. The summed E-state index contributed by atoms with van der Waals surface area (Å²) in [6.07, 6.45) is -4.68. The normalized spacial score (nSPS) is 13.8. The molecule has 17 heteroatoms. The Hall–Kier alpha value is -0.290. The topological polar surface area (TPSA) is 239 Å². The number of fused-ring (bicyclic) bond motifs is 2. The number of rotatable bonds is 5. The van der Waals surface area contributed by atoms with Gasteiger partial charge in [-0.15, -0.1) is 0 Å². The van der Waals surface area contributed by atoms with Crippen molar-refractivity contribution in [2.45, 2.75) is 38.7 Å². The summed E-state index contributed by atoms with van der Waals surface area (Å²) in [5.74, 6) is -0.0516. The molecule has 2 aliphatic rings. The molecular formula is C17H26CaN4NaO10P. The molecule has 0 unspecified atom stereocenters. The maximum atomic E-state index is 12.2. The van der Waals surface area contributed by atoms with Crippen LogP contribution < -0.4 is 11.2 Å². The molecule has 182 valence electrons. The fourth-order valence-corrected chi connectivity index (χ4v) is 2.89. The third-order valence-electron chi connectivity index (χ3n) is 4.57. The Labute approximate surface area is 244 Å². The van der Waals surface area contributed by atoms with Gasteiger partial charge in [-0.25, -0.2) is 14.3 Å². The van der Waals surface area contributed by atoms with Crippen LogP contribution in [-0.4, -0.2) is 147 Å². The van der Waals surface area contributed by atoms with Crippen molar-refractivity contribution in [3.05, 3.63) is 44.1 Å².